The number of carbonyl (C=O) groups is 1. The van der Waals surface area contributed by atoms with Crippen LogP contribution < -0.4 is 10.1 Å². The number of aromatic nitrogens is 1. The third kappa shape index (κ3) is 5.48. The van der Waals surface area contributed by atoms with Crippen molar-refractivity contribution in [3.8, 4) is 17.0 Å². The molecule has 2 aromatic carbocycles. The summed E-state index contributed by atoms with van der Waals surface area (Å²) in [5, 5.41) is 15.9. The van der Waals surface area contributed by atoms with Gasteiger partial charge < -0.3 is 15.2 Å². The molecule has 0 aliphatic carbocycles. The molecule has 0 spiro atoms. The smallest absolute Gasteiger partial charge is 0.240 e. The monoisotopic (exact) mass is 459 g/mol. The van der Waals surface area contributed by atoms with E-state index in [1.807, 2.05) is 4.90 Å². The molecule has 1 aromatic heterocycles. The Morgan fingerprint density at radius 3 is 2.78 bits per heavy atom. The highest BCUT2D eigenvalue weighted by Crippen LogP contribution is 2.28. The van der Waals surface area contributed by atoms with Crippen molar-refractivity contribution in [2.45, 2.75) is 25.0 Å². The summed E-state index contributed by atoms with van der Waals surface area (Å²) in [5.74, 6) is -0.605. The minimum atomic E-state index is -1.21. The minimum absolute atomic E-state index is 0.0916. The molecule has 0 unspecified atom stereocenters. The second kappa shape index (κ2) is 9.32. The van der Waals surface area contributed by atoms with Crippen LogP contribution in [0, 0.1) is 11.6 Å². The Morgan fingerprint density at radius 2 is 2.06 bits per heavy atom. The highest BCUT2D eigenvalue weighted by Gasteiger charge is 2.40. The van der Waals surface area contributed by atoms with Crippen LogP contribution >= 0.6 is 11.3 Å². The molecule has 6 nitrogen and oxygen atoms in total. The summed E-state index contributed by atoms with van der Waals surface area (Å²) in [7, 11) is 0. The fraction of sp³-hybridized carbons (Fsp3) is 0.304. The number of nitrogens with one attached hydrogen (secondary N) is 1. The number of rotatable bonds is 6. The average molecular weight is 460 g/mol. The molecule has 0 radical (unpaired) electrons. The molecule has 4 rings (SSSR count). The maximum absolute atomic E-state index is 13.4. The van der Waals surface area contributed by atoms with E-state index < -0.39 is 17.5 Å². The molecule has 1 aliphatic heterocycles. The Balaban J connectivity index is 1.31. The summed E-state index contributed by atoms with van der Waals surface area (Å²) in [6, 6.07) is 11.8. The van der Waals surface area contributed by atoms with Crippen molar-refractivity contribution in [1.29, 1.82) is 0 Å². The normalized spacial score (nSPS) is 21.3. The summed E-state index contributed by atoms with van der Waals surface area (Å²) >= 11 is 1.29. The van der Waals surface area contributed by atoms with E-state index in [0.717, 1.165) is 5.56 Å². The van der Waals surface area contributed by atoms with Gasteiger partial charge in [-0.05, 0) is 49.7 Å². The lowest BCUT2D eigenvalue weighted by atomic mass is 9.91. The summed E-state index contributed by atoms with van der Waals surface area (Å²) in [6.45, 7) is 2.52. The topological polar surface area (TPSA) is 74.7 Å². The second-order valence-electron chi connectivity index (χ2n) is 8.01. The van der Waals surface area contributed by atoms with Crippen LogP contribution in [0.4, 0.5) is 13.9 Å². The number of ether oxygens (including phenoxy) is 1. The number of thiazole rings is 1. The van der Waals surface area contributed by atoms with E-state index in [1.165, 1.54) is 35.6 Å². The van der Waals surface area contributed by atoms with E-state index in [4.69, 9.17) is 4.74 Å². The number of nitrogens with zero attached hydrogens (tertiary/aromatic N) is 2. The molecular formula is C23H23F2N3O3S. The number of hydrogen-bond acceptors (Lipinski definition) is 6. The molecule has 1 aliphatic rings. The molecule has 0 bridgehead atoms. The average Bonchev–Trinajstić information content (AvgIpc) is 3.18. The third-order valence-electron chi connectivity index (χ3n) is 5.28. The van der Waals surface area contributed by atoms with Crippen LogP contribution in [0.25, 0.3) is 11.3 Å². The number of amides is 1. The van der Waals surface area contributed by atoms with Gasteiger partial charge in [0.2, 0.25) is 5.91 Å². The van der Waals surface area contributed by atoms with Crippen LogP contribution in [0.2, 0.25) is 0 Å². The highest BCUT2D eigenvalue weighted by atomic mass is 32.1. The number of β-amino-alcohol motifs (C(OH)–C–C–N with tert-alkyl or cyclic N) is 1. The first-order valence-corrected chi connectivity index (χ1v) is 11.0. The molecule has 1 amide bonds. The van der Waals surface area contributed by atoms with Gasteiger partial charge in [-0.15, -0.1) is 11.3 Å². The van der Waals surface area contributed by atoms with Gasteiger partial charge in [0.1, 0.15) is 29.1 Å². The first-order chi connectivity index (χ1) is 15.3. The number of halogens is 2. The van der Waals surface area contributed by atoms with Crippen molar-refractivity contribution in [3.63, 3.8) is 0 Å². The van der Waals surface area contributed by atoms with E-state index in [1.54, 1.807) is 36.6 Å². The van der Waals surface area contributed by atoms with Crippen molar-refractivity contribution in [2.24, 2.45) is 0 Å². The summed E-state index contributed by atoms with van der Waals surface area (Å²) in [4.78, 5) is 18.7. The van der Waals surface area contributed by atoms with Gasteiger partial charge in [-0.1, -0.05) is 6.07 Å². The van der Waals surface area contributed by atoms with Crippen molar-refractivity contribution in [3.05, 3.63) is 65.5 Å². The molecule has 2 N–H and O–H groups in total. The molecule has 1 fully saturated rings. The van der Waals surface area contributed by atoms with Crippen molar-refractivity contribution in [1.82, 2.24) is 9.88 Å². The maximum atomic E-state index is 13.4. The van der Waals surface area contributed by atoms with Crippen molar-refractivity contribution >= 4 is 22.4 Å². The van der Waals surface area contributed by atoms with E-state index in [0.29, 0.717) is 29.5 Å². The quantitative estimate of drug-likeness (QED) is 0.584. The predicted molar refractivity (Wildman–Crippen MR) is 119 cm³/mol. The Bertz CT molecular complexity index is 1090. The van der Waals surface area contributed by atoms with Crippen LogP contribution in [-0.4, -0.2) is 52.2 Å². The first-order valence-electron chi connectivity index (χ1n) is 10.2. The van der Waals surface area contributed by atoms with E-state index in [9.17, 15) is 18.7 Å². The second-order valence-corrected chi connectivity index (χ2v) is 8.87. The lowest BCUT2D eigenvalue weighted by molar-refractivity contribution is -0.123. The van der Waals surface area contributed by atoms with Crippen LogP contribution in [0.1, 0.15) is 13.3 Å². The Kier molecular flexibility index (Phi) is 6.50. The Labute approximate surface area is 188 Å². The fourth-order valence-corrected chi connectivity index (χ4v) is 4.45. The zero-order chi connectivity index (χ0) is 22.7. The molecule has 2 heterocycles. The number of anilines is 1. The zero-order valence-corrected chi connectivity index (χ0v) is 18.2. The van der Waals surface area contributed by atoms with Crippen LogP contribution in [-0.2, 0) is 4.79 Å². The van der Waals surface area contributed by atoms with Crippen LogP contribution in [0.15, 0.2) is 53.9 Å². The van der Waals surface area contributed by atoms with Gasteiger partial charge in [0.25, 0.3) is 0 Å². The molecule has 168 valence electrons. The number of aliphatic hydroxyl groups is 1. The predicted octanol–water partition coefficient (Wildman–Crippen LogP) is 3.93. The van der Waals surface area contributed by atoms with Crippen molar-refractivity contribution < 1.29 is 23.4 Å². The lowest BCUT2D eigenvalue weighted by Crippen LogP contribution is -2.58. The number of piperidine rings is 1. The number of carbonyl (C=O) groups excluding carboxylic acids is 1. The summed E-state index contributed by atoms with van der Waals surface area (Å²) < 4.78 is 32.3. The van der Waals surface area contributed by atoms with Gasteiger partial charge in [0.15, 0.2) is 5.13 Å². The standard InChI is InChI=1S/C23H23F2N3O3S/c1-23(30)14-28(10-9-20(23)31-18-4-2-3-17(25)11-18)12-21(29)27-22-26-19(13-32-22)15-5-7-16(24)8-6-15/h2-8,11,13,20,30H,9-10,12,14H2,1H3,(H,26,27,29)/t20-,23-/m0/s1. The SMILES string of the molecule is C[C@]1(O)CN(CC(=O)Nc2nc(-c3ccc(F)cc3)cs2)CC[C@@H]1Oc1cccc(F)c1. The number of hydrogen-bond donors (Lipinski definition) is 2. The van der Waals surface area contributed by atoms with E-state index in [2.05, 4.69) is 10.3 Å². The number of benzene rings is 2. The summed E-state index contributed by atoms with van der Waals surface area (Å²) in [6.07, 6.45) is -0.0243. The molecule has 1 saturated heterocycles. The van der Waals surface area contributed by atoms with Gasteiger partial charge in [-0.2, -0.15) is 0 Å². The van der Waals surface area contributed by atoms with Crippen molar-refractivity contribution in [2.75, 3.05) is 25.0 Å². The van der Waals surface area contributed by atoms with Gasteiger partial charge in [-0.25, -0.2) is 13.8 Å². The molecular weight excluding hydrogens is 436 g/mol. The first kappa shape index (κ1) is 22.3. The molecule has 0 saturated carbocycles. The lowest BCUT2D eigenvalue weighted by Gasteiger charge is -2.42. The van der Waals surface area contributed by atoms with Gasteiger partial charge in [-0.3, -0.25) is 9.69 Å². The third-order valence-corrected chi connectivity index (χ3v) is 6.03. The minimum Gasteiger partial charge on any atom is -0.487 e. The largest absolute Gasteiger partial charge is 0.487 e. The van der Waals surface area contributed by atoms with E-state index in [-0.39, 0.29) is 24.8 Å². The fourth-order valence-electron chi connectivity index (χ4n) is 3.72. The summed E-state index contributed by atoms with van der Waals surface area (Å²) in [5.41, 5.74) is 0.213. The highest BCUT2D eigenvalue weighted by molar-refractivity contribution is 7.14. The van der Waals surface area contributed by atoms with Gasteiger partial charge in [0, 0.05) is 30.1 Å². The molecule has 9 heteroatoms. The molecule has 32 heavy (non-hydrogen) atoms. The maximum Gasteiger partial charge on any atom is 0.240 e. The van der Waals surface area contributed by atoms with Crippen LogP contribution in [0.5, 0.6) is 5.75 Å². The Hall–Kier alpha value is -2.88. The van der Waals surface area contributed by atoms with Crippen LogP contribution in [0.3, 0.4) is 0 Å². The molecule has 2 atom stereocenters. The van der Waals surface area contributed by atoms with E-state index >= 15 is 0 Å². The zero-order valence-electron chi connectivity index (χ0n) is 17.4. The van der Waals surface area contributed by atoms with Gasteiger partial charge >= 0.3 is 0 Å². The Morgan fingerprint density at radius 1 is 1.28 bits per heavy atom. The van der Waals surface area contributed by atoms with Gasteiger partial charge in [0.05, 0.1) is 12.2 Å². The number of likely N-dealkylation sites (tertiary alicyclic amines) is 1. The molecule has 3 aromatic rings.